The molecule has 0 atom stereocenters. The van der Waals surface area contributed by atoms with Crippen LogP contribution in [0.15, 0.2) is 0 Å². The molecule has 0 spiro atoms. The summed E-state index contributed by atoms with van der Waals surface area (Å²) < 4.78 is 60.4. The first kappa shape index (κ1) is 8.91. The predicted molar refractivity (Wildman–Crippen MR) is 31.7 cm³/mol. The van der Waals surface area contributed by atoms with E-state index in [-0.39, 0.29) is 0 Å². The molecule has 0 saturated carbocycles. The van der Waals surface area contributed by atoms with E-state index in [0.717, 1.165) is 0 Å². The summed E-state index contributed by atoms with van der Waals surface area (Å²) in [4.78, 5) is 0. The van der Waals surface area contributed by atoms with Crippen molar-refractivity contribution in [3.05, 3.63) is 0 Å². The Morgan fingerprint density at radius 3 is 1.73 bits per heavy atom. The Bertz CT molecular complexity index is 307. The van der Waals surface area contributed by atoms with Crippen LogP contribution in [0.25, 0.3) is 0 Å². The molecule has 0 bridgehead atoms. The van der Waals surface area contributed by atoms with Gasteiger partial charge in [0, 0.05) is 0 Å². The van der Waals surface area contributed by atoms with Crippen molar-refractivity contribution in [3.8, 4) is 0 Å². The molecule has 10 heteroatoms. The van der Waals surface area contributed by atoms with Gasteiger partial charge in [-0.15, -0.1) is 0 Å². The first-order chi connectivity index (χ1) is 4.81. The average molecular weight is 204 g/mol. The second-order valence-electron chi connectivity index (χ2n) is 1.70. The molecule has 0 amide bonds. The second-order valence-corrected chi connectivity index (χ2v) is 5.26. The molecular formula is CH2BFO6S2. The molecule has 64 valence electrons. The molecule has 1 aliphatic heterocycles. The highest BCUT2D eigenvalue weighted by Gasteiger charge is 2.42. The molecule has 1 rings (SSSR count). The van der Waals surface area contributed by atoms with Crippen molar-refractivity contribution in [1.29, 1.82) is 0 Å². The molecule has 1 heterocycles. The number of hydrogen-bond donors (Lipinski definition) is 0. The van der Waals surface area contributed by atoms with E-state index < -0.39 is 32.7 Å². The van der Waals surface area contributed by atoms with Crippen LogP contribution in [-0.2, 0) is 28.4 Å². The highest BCUT2D eigenvalue weighted by molar-refractivity contribution is 8.05. The van der Waals surface area contributed by atoms with E-state index in [1.54, 1.807) is 0 Å². The van der Waals surface area contributed by atoms with Gasteiger partial charge in [0.25, 0.3) is 20.2 Å². The zero-order valence-electron chi connectivity index (χ0n) is 4.93. The molecule has 6 nitrogen and oxygen atoms in total. The molecule has 0 aromatic rings. The van der Waals surface area contributed by atoms with Gasteiger partial charge in [-0.3, -0.25) is 12.5 Å². The summed E-state index contributed by atoms with van der Waals surface area (Å²) in [5.74, 6) is 0. The summed E-state index contributed by atoms with van der Waals surface area (Å²) in [7, 11) is -11.4. The SMILES string of the molecule is O=S1(=O)CS(=O)(=O)OB(F)O1. The lowest BCUT2D eigenvalue weighted by Crippen LogP contribution is -2.36. The maximum Gasteiger partial charge on any atom is 0.710 e. The summed E-state index contributed by atoms with van der Waals surface area (Å²) in [6, 6.07) is 0. The largest absolute Gasteiger partial charge is 0.710 e. The third kappa shape index (κ3) is 2.40. The standard InChI is InChI=1S/CH2BFO6S2/c3-2-8-10(4,5)1-11(6,7)9-2/h1H2. The fraction of sp³-hybridized carbons (Fsp3) is 1.00. The van der Waals surface area contributed by atoms with Gasteiger partial charge in [0.15, 0.2) is 5.08 Å². The van der Waals surface area contributed by atoms with Gasteiger partial charge in [0.1, 0.15) is 0 Å². The van der Waals surface area contributed by atoms with Gasteiger partial charge in [0.2, 0.25) is 0 Å². The van der Waals surface area contributed by atoms with E-state index in [0.29, 0.717) is 0 Å². The molecule has 0 aromatic carbocycles. The van der Waals surface area contributed by atoms with Gasteiger partial charge in [-0.05, 0) is 0 Å². The van der Waals surface area contributed by atoms with Crippen LogP contribution in [0.1, 0.15) is 0 Å². The molecule has 1 aliphatic rings. The van der Waals surface area contributed by atoms with Gasteiger partial charge in [-0.25, -0.2) is 0 Å². The minimum absolute atomic E-state index is 1.35. The van der Waals surface area contributed by atoms with Gasteiger partial charge < -0.3 is 0 Å². The summed E-state index contributed by atoms with van der Waals surface area (Å²) in [6.07, 6.45) is 0. The highest BCUT2D eigenvalue weighted by atomic mass is 32.3. The van der Waals surface area contributed by atoms with Crippen LogP contribution < -0.4 is 0 Å². The van der Waals surface area contributed by atoms with Gasteiger partial charge in [0.05, 0.1) is 0 Å². The minimum atomic E-state index is -4.33. The van der Waals surface area contributed by atoms with Crippen LogP contribution in [-0.4, -0.2) is 29.3 Å². The summed E-state index contributed by atoms with van der Waals surface area (Å²) >= 11 is 0. The predicted octanol–water partition coefficient (Wildman–Crippen LogP) is -1.40. The average Bonchev–Trinajstić information content (AvgIpc) is 1.49. The van der Waals surface area contributed by atoms with Crippen molar-refractivity contribution in [3.63, 3.8) is 0 Å². The van der Waals surface area contributed by atoms with Crippen LogP contribution in [0.5, 0.6) is 0 Å². The zero-order chi connectivity index (χ0) is 8.70. The molecule has 1 saturated heterocycles. The van der Waals surface area contributed by atoms with E-state index in [1.165, 1.54) is 0 Å². The smallest absolute Gasteiger partial charge is 0.266 e. The van der Waals surface area contributed by atoms with E-state index in [9.17, 15) is 21.2 Å². The molecule has 0 aliphatic carbocycles. The summed E-state index contributed by atoms with van der Waals surface area (Å²) in [6.45, 7) is 0. The van der Waals surface area contributed by atoms with Crippen molar-refractivity contribution in [2.45, 2.75) is 0 Å². The van der Waals surface area contributed by atoms with E-state index >= 15 is 0 Å². The molecule has 0 N–H and O–H groups in total. The Hall–Kier alpha value is -0.185. The minimum Gasteiger partial charge on any atom is -0.266 e. The summed E-state index contributed by atoms with van der Waals surface area (Å²) in [5, 5.41) is -1.35. The van der Waals surface area contributed by atoms with Crippen LogP contribution in [0, 0.1) is 0 Å². The third-order valence-corrected chi connectivity index (χ3v) is 3.93. The van der Waals surface area contributed by atoms with Crippen molar-refractivity contribution >= 4 is 27.6 Å². The maximum atomic E-state index is 12.0. The monoisotopic (exact) mass is 204 g/mol. The molecule has 11 heavy (non-hydrogen) atoms. The number of halogens is 1. The Balaban J connectivity index is 3.02. The first-order valence-corrected chi connectivity index (χ1v) is 5.42. The normalized spacial score (nSPS) is 28.3. The lowest BCUT2D eigenvalue weighted by atomic mass is 10.3. The van der Waals surface area contributed by atoms with E-state index in [4.69, 9.17) is 0 Å². The lowest BCUT2D eigenvalue weighted by molar-refractivity contribution is 0.345. The molecule has 1 fully saturated rings. The number of hydrogen-bond acceptors (Lipinski definition) is 6. The van der Waals surface area contributed by atoms with Crippen LogP contribution >= 0.6 is 0 Å². The van der Waals surface area contributed by atoms with Crippen molar-refractivity contribution in [2.24, 2.45) is 0 Å². The molecule has 0 aromatic heterocycles. The zero-order valence-corrected chi connectivity index (χ0v) is 6.56. The molecule has 0 radical (unpaired) electrons. The van der Waals surface area contributed by atoms with Gasteiger partial charge in [-0.1, -0.05) is 0 Å². The molecule has 0 unspecified atom stereocenters. The molecular weight excluding hydrogens is 202 g/mol. The van der Waals surface area contributed by atoms with Gasteiger partial charge >= 0.3 is 7.40 Å². The Morgan fingerprint density at radius 2 is 1.45 bits per heavy atom. The Morgan fingerprint density at radius 1 is 1.09 bits per heavy atom. The van der Waals surface area contributed by atoms with Crippen LogP contribution in [0.3, 0.4) is 0 Å². The number of rotatable bonds is 0. The second kappa shape index (κ2) is 2.40. The van der Waals surface area contributed by atoms with Crippen LogP contribution in [0.4, 0.5) is 4.32 Å². The third-order valence-electron chi connectivity index (χ3n) is 0.733. The van der Waals surface area contributed by atoms with Crippen molar-refractivity contribution in [2.75, 3.05) is 5.08 Å². The summed E-state index contributed by atoms with van der Waals surface area (Å²) in [5.41, 5.74) is 0. The fourth-order valence-corrected chi connectivity index (χ4v) is 2.93. The Kier molecular flexibility index (Phi) is 1.95. The highest BCUT2D eigenvalue weighted by Crippen LogP contribution is 2.13. The topological polar surface area (TPSA) is 86.7 Å². The van der Waals surface area contributed by atoms with Crippen molar-refractivity contribution in [1.82, 2.24) is 0 Å². The quantitative estimate of drug-likeness (QED) is 0.451. The van der Waals surface area contributed by atoms with Crippen molar-refractivity contribution < 1.29 is 29.4 Å². The maximum absolute atomic E-state index is 12.0. The first-order valence-electron chi connectivity index (χ1n) is 2.27. The fourth-order valence-electron chi connectivity index (χ4n) is 0.479. The van der Waals surface area contributed by atoms with E-state index in [1.807, 2.05) is 0 Å². The van der Waals surface area contributed by atoms with Crippen LogP contribution in [0.2, 0.25) is 0 Å². The van der Waals surface area contributed by atoms with Gasteiger partial charge in [-0.2, -0.15) is 16.8 Å². The van der Waals surface area contributed by atoms with E-state index in [2.05, 4.69) is 8.20 Å². The lowest BCUT2D eigenvalue weighted by Gasteiger charge is -2.12. The Labute approximate surface area is 62.7 Å².